The van der Waals surface area contributed by atoms with Gasteiger partial charge in [0.15, 0.2) is 0 Å². The Morgan fingerprint density at radius 1 is 1.54 bits per heavy atom. The molecule has 1 aliphatic carbocycles. The molecule has 0 spiro atoms. The van der Waals surface area contributed by atoms with Crippen LogP contribution in [0.3, 0.4) is 0 Å². The molecule has 1 aliphatic rings. The second-order valence-corrected chi connectivity index (χ2v) is 4.29. The quantitative estimate of drug-likeness (QED) is 0.665. The Morgan fingerprint density at radius 3 is 2.77 bits per heavy atom. The molecule has 76 valence electrons. The number of hydrogen-bond donors (Lipinski definition) is 1. The van der Waals surface area contributed by atoms with Gasteiger partial charge in [-0.05, 0) is 31.6 Å². The van der Waals surface area contributed by atoms with Crippen LogP contribution in [0.15, 0.2) is 12.2 Å². The second-order valence-electron chi connectivity index (χ2n) is 4.29. The molecule has 0 aromatic heterocycles. The number of aliphatic hydroxyl groups excluding tert-OH is 1. The lowest BCUT2D eigenvalue weighted by Crippen LogP contribution is -2.27. The van der Waals surface area contributed by atoms with Crippen LogP contribution in [0.4, 0.5) is 0 Å². The largest absolute Gasteiger partial charge is 0.393 e. The first-order valence-corrected chi connectivity index (χ1v) is 5.54. The molecule has 3 atom stereocenters. The summed E-state index contributed by atoms with van der Waals surface area (Å²) in [6.45, 7) is 8.37. The van der Waals surface area contributed by atoms with Gasteiger partial charge in [-0.3, -0.25) is 0 Å². The maximum Gasteiger partial charge on any atom is 0.0602 e. The number of rotatable bonds is 3. The van der Waals surface area contributed by atoms with Crippen molar-refractivity contribution in [2.75, 3.05) is 0 Å². The molecule has 1 nitrogen and oxygen atoms in total. The third-order valence-electron chi connectivity index (χ3n) is 3.45. The van der Waals surface area contributed by atoms with Gasteiger partial charge in [-0.2, -0.15) is 0 Å². The summed E-state index contributed by atoms with van der Waals surface area (Å²) in [6.07, 6.45) is 5.52. The Morgan fingerprint density at radius 2 is 2.23 bits per heavy atom. The molecular formula is C12H22O. The second kappa shape index (κ2) is 4.80. The number of hydrogen-bond acceptors (Lipinski definition) is 1. The predicted molar refractivity (Wildman–Crippen MR) is 56.6 cm³/mol. The normalized spacial score (nSPS) is 31.8. The highest BCUT2D eigenvalue weighted by atomic mass is 16.3. The van der Waals surface area contributed by atoms with Crippen molar-refractivity contribution in [2.24, 2.45) is 11.8 Å². The third kappa shape index (κ3) is 2.57. The van der Waals surface area contributed by atoms with Gasteiger partial charge in [0.05, 0.1) is 6.10 Å². The number of aliphatic hydroxyl groups is 1. The summed E-state index contributed by atoms with van der Waals surface area (Å²) in [6, 6.07) is 0. The van der Waals surface area contributed by atoms with E-state index in [-0.39, 0.29) is 6.10 Å². The highest BCUT2D eigenvalue weighted by Crippen LogP contribution is 2.36. The fraction of sp³-hybridized carbons (Fsp3) is 0.833. The van der Waals surface area contributed by atoms with Gasteiger partial charge in [-0.1, -0.05) is 32.4 Å². The smallest absolute Gasteiger partial charge is 0.0602 e. The lowest BCUT2D eigenvalue weighted by Gasteiger charge is -2.33. The van der Waals surface area contributed by atoms with E-state index in [1.165, 1.54) is 18.4 Å². The summed E-state index contributed by atoms with van der Waals surface area (Å²) < 4.78 is 0. The van der Waals surface area contributed by atoms with Crippen molar-refractivity contribution in [1.82, 2.24) is 0 Å². The van der Waals surface area contributed by atoms with Crippen LogP contribution in [0.5, 0.6) is 0 Å². The lowest BCUT2D eigenvalue weighted by molar-refractivity contribution is 0.0937. The van der Waals surface area contributed by atoms with E-state index in [2.05, 4.69) is 13.5 Å². The SMILES string of the molecule is C=C1CC[C@@H](CC)C[C@@H]1[C@@H](O)CC. The first kappa shape index (κ1) is 10.8. The molecule has 0 aromatic rings. The van der Waals surface area contributed by atoms with Crippen molar-refractivity contribution < 1.29 is 5.11 Å². The highest BCUT2D eigenvalue weighted by molar-refractivity contribution is 5.07. The minimum Gasteiger partial charge on any atom is -0.393 e. The summed E-state index contributed by atoms with van der Waals surface area (Å²) in [5.41, 5.74) is 1.28. The van der Waals surface area contributed by atoms with Gasteiger partial charge in [0, 0.05) is 5.92 Å². The molecule has 1 heteroatoms. The molecule has 1 saturated carbocycles. The highest BCUT2D eigenvalue weighted by Gasteiger charge is 2.27. The van der Waals surface area contributed by atoms with E-state index in [9.17, 15) is 5.11 Å². The molecule has 0 unspecified atom stereocenters. The van der Waals surface area contributed by atoms with E-state index in [1.807, 2.05) is 6.92 Å². The summed E-state index contributed by atoms with van der Waals surface area (Å²) in [7, 11) is 0. The molecule has 0 aromatic carbocycles. The summed E-state index contributed by atoms with van der Waals surface area (Å²) in [4.78, 5) is 0. The molecular weight excluding hydrogens is 160 g/mol. The molecule has 0 bridgehead atoms. The standard InChI is InChI=1S/C12H22O/c1-4-10-7-6-9(3)11(8-10)12(13)5-2/h10-13H,3-8H2,1-2H3/t10-,11+,12+/m1/s1. The van der Waals surface area contributed by atoms with E-state index in [0.717, 1.165) is 25.2 Å². The van der Waals surface area contributed by atoms with Crippen LogP contribution in [0.2, 0.25) is 0 Å². The summed E-state index contributed by atoms with van der Waals surface area (Å²) in [5.74, 6) is 1.19. The molecule has 0 heterocycles. The molecule has 13 heavy (non-hydrogen) atoms. The van der Waals surface area contributed by atoms with Gasteiger partial charge in [-0.15, -0.1) is 0 Å². The molecule has 1 fully saturated rings. The monoisotopic (exact) mass is 182 g/mol. The van der Waals surface area contributed by atoms with Crippen LogP contribution in [0, 0.1) is 11.8 Å². The maximum atomic E-state index is 9.81. The van der Waals surface area contributed by atoms with E-state index < -0.39 is 0 Å². The Hall–Kier alpha value is -0.300. The van der Waals surface area contributed by atoms with Crippen LogP contribution < -0.4 is 0 Å². The zero-order chi connectivity index (χ0) is 9.84. The van der Waals surface area contributed by atoms with Crippen LogP contribution in [-0.2, 0) is 0 Å². The predicted octanol–water partition coefficient (Wildman–Crippen LogP) is 3.14. The lowest BCUT2D eigenvalue weighted by atomic mass is 9.74. The van der Waals surface area contributed by atoms with Gasteiger partial charge in [0.1, 0.15) is 0 Å². The van der Waals surface area contributed by atoms with Crippen LogP contribution in [0.25, 0.3) is 0 Å². The van der Waals surface area contributed by atoms with Crippen molar-refractivity contribution in [2.45, 2.75) is 52.1 Å². The molecule has 1 rings (SSSR count). The van der Waals surface area contributed by atoms with Gasteiger partial charge in [0.2, 0.25) is 0 Å². The van der Waals surface area contributed by atoms with Crippen molar-refractivity contribution in [3.8, 4) is 0 Å². The molecule has 0 radical (unpaired) electrons. The minimum atomic E-state index is -0.151. The van der Waals surface area contributed by atoms with E-state index >= 15 is 0 Å². The fourth-order valence-electron chi connectivity index (χ4n) is 2.30. The van der Waals surface area contributed by atoms with Crippen LogP contribution in [-0.4, -0.2) is 11.2 Å². The topological polar surface area (TPSA) is 20.2 Å². The van der Waals surface area contributed by atoms with Crippen LogP contribution in [0.1, 0.15) is 46.0 Å². The average molecular weight is 182 g/mol. The van der Waals surface area contributed by atoms with Crippen LogP contribution >= 0.6 is 0 Å². The fourth-order valence-corrected chi connectivity index (χ4v) is 2.30. The van der Waals surface area contributed by atoms with Crippen molar-refractivity contribution >= 4 is 0 Å². The minimum absolute atomic E-state index is 0.151. The van der Waals surface area contributed by atoms with Crippen molar-refractivity contribution in [1.29, 1.82) is 0 Å². The van der Waals surface area contributed by atoms with E-state index in [0.29, 0.717) is 5.92 Å². The van der Waals surface area contributed by atoms with Gasteiger partial charge in [0.25, 0.3) is 0 Å². The van der Waals surface area contributed by atoms with Gasteiger partial charge >= 0.3 is 0 Å². The first-order valence-electron chi connectivity index (χ1n) is 5.54. The zero-order valence-corrected chi connectivity index (χ0v) is 8.92. The van der Waals surface area contributed by atoms with Crippen molar-refractivity contribution in [3.63, 3.8) is 0 Å². The third-order valence-corrected chi connectivity index (χ3v) is 3.45. The first-order chi connectivity index (χ1) is 6.19. The Kier molecular flexibility index (Phi) is 3.98. The maximum absolute atomic E-state index is 9.81. The average Bonchev–Trinajstić information content (AvgIpc) is 2.17. The van der Waals surface area contributed by atoms with Gasteiger partial charge in [-0.25, -0.2) is 0 Å². The Balaban J connectivity index is 2.54. The van der Waals surface area contributed by atoms with E-state index in [4.69, 9.17) is 0 Å². The summed E-state index contributed by atoms with van der Waals surface area (Å²) >= 11 is 0. The van der Waals surface area contributed by atoms with Gasteiger partial charge < -0.3 is 5.11 Å². The Bertz CT molecular complexity index is 174. The van der Waals surface area contributed by atoms with E-state index in [1.54, 1.807) is 0 Å². The molecule has 0 aliphatic heterocycles. The molecule has 1 N–H and O–H groups in total. The Labute approximate surface area is 81.9 Å². The molecule has 0 saturated heterocycles. The zero-order valence-electron chi connectivity index (χ0n) is 8.92. The summed E-state index contributed by atoms with van der Waals surface area (Å²) in [5, 5.41) is 9.81. The van der Waals surface area contributed by atoms with Crippen molar-refractivity contribution in [3.05, 3.63) is 12.2 Å². The molecule has 0 amide bonds.